The Morgan fingerprint density at radius 1 is 1.11 bits per heavy atom. The first kappa shape index (κ1) is 18.1. The molecule has 1 heterocycles. The highest BCUT2D eigenvalue weighted by Gasteiger charge is 2.18. The van der Waals surface area contributed by atoms with Crippen LogP contribution in [0.5, 0.6) is 11.5 Å². The van der Waals surface area contributed by atoms with E-state index in [1.54, 1.807) is 12.1 Å². The zero-order chi connectivity index (χ0) is 19.2. The lowest BCUT2D eigenvalue weighted by atomic mass is 10.1. The fourth-order valence-electron chi connectivity index (χ4n) is 2.46. The summed E-state index contributed by atoms with van der Waals surface area (Å²) in [6.45, 7) is 0.168. The van der Waals surface area contributed by atoms with Crippen molar-refractivity contribution in [3.05, 3.63) is 77.7 Å². The summed E-state index contributed by atoms with van der Waals surface area (Å²) in [5, 5.41) is 2.68. The molecule has 1 aromatic heterocycles. The Bertz CT molecular complexity index is 950. The van der Waals surface area contributed by atoms with Gasteiger partial charge in [0.2, 0.25) is 5.91 Å². The van der Waals surface area contributed by atoms with Crippen molar-refractivity contribution < 1.29 is 23.5 Å². The minimum Gasteiger partial charge on any atom is -0.495 e. The number of amides is 2. The summed E-state index contributed by atoms with van der Waals surface area (Å²) in [6, 6.07) is 15.4. The van der Waals surface area contributed by atoms with Crippen molar-refractivity contribution in [2.45, 2.75) is 6.61 Å². The number of benzene rings is 2. The molecule has 3 rings (SSSR count). The quantitative estimate of drug-likeness (QED) is 0.668. The zero-order valence-electron chi connectivity index (χ0n) is 14.6. The largest absolute Gasteiger partial charge is 0.495 e. The lowest BCUT2D eigenvalue weighted by Gasteiger charge is -2.11. The van der Waals surface area contributed by atoms with Crippen molar-refractivity contribution >= 4 is 17.5 Å². The van der Waals surface area contributed by atoms with Gasteiger partial charge in [-0.1, -0.05) is 18.2 Å². The second-order valence-corrected chi connectivity index (χ2v) is 5.61. The average molecular weight is 366 g/mol. The first-order valence-electron chi connectivity index (χ1n) is 8.12. The van der Waals surface area contributed by atoms with E-state index in [2.05, 4.69) is 5.32 Å². The average Bonchev–Trinajstić information content (AvgIpc) is 3.16. The first-order valence-corrected chi connectivity index (χ1v) is 8.12. The maximum atomic E-state index is 12.6. The van der Waals surface area contributed by atoms with Gasteiger partial charge in [0.25, 0.3) is 5.91 Å². The van der Waals surface area contributed by atoms with E-state index < -0.39 is 11.8 Å². The maximum Gasteiger partial charge on any atom is 0.291 e. The Hall–Kier alpha value is -3.74. The molecular formula is C20H18N2O5. The number of primary amides is 1. The molecule has 0 aliphatic heterocycles. The van der Waals surface area contributed by atoms with E-state index in [4.69, 9.17) is 19.6 Å². The maximum absolute atomic E-state index is 12.6. The van der Waals surface area contributed by atoms with Gasteiger partial charge in [-0.2, -0.15) is 0 Å². The number of methoxy groups -OCH3 is 1. The Labute approximate surface area is 155 Å². The molecule has 0 saturated heterocycles. The van der Waals surface area contributed by atoms with E-state index in [0.29, 0.717) is 22.7 Å². The molecular weight excluding hydrogens is 348 g/mol. The van der Waals surface area contributed by atoms with Gasteiger partial charge in [-0.05, 0) is 36.4 Å². The highest BCUT2D eigenvalue weighted by atomic mass is 16.5. The Morgan fingerprint density at radius 2 is 1.89 bits per heavy atom. The summed E-state index contributed by atoms with van der Waals surface area (Å²) < 4.78 is 16.2. The fraction of sp³-hybridized carbons (Fsp3) is 0.100. The molecule has 0 aliphatic carbocycles. The van der Waals surface area contributed by atoms with E-state index in [1.807, 2.05) is 30.3 Å². The topological polar surface area (TPSA) is 104 Å². The van der Waals surface area contributed by atoms with Crippen LogP contribution >= 0.6 is 0 Å². The smallest absolute Gasteiger partial charge is 0.291 e. The normalized spacial score (nSPS) is 10.3. The Kier molecular flexibility index (Phi) is 5.41. The van der Waals surface area contributed by atoms with Crippen LogP contribution in [-0.4, -0.2) is 18.9 Å². The van der Waals surface area contributed by atoms with E-state index >= 15 is 0 Å². The van der Waals surface area contributed by atoms with Crippen LogP contribution in [0.2, 0.25) is 0 Å². The molecule has 7 nitrogen and oxygen atoms in total. The van der Waals surface area contributed by atoms with Crippen LogP contribution in [0.4, 0.5) is 5.69 Å². The molecule has 3 N–H and O–H groups in total. The second-order valence-electron chi connectivity index (χ2n) is 5.61. The van der Waals surface area contributed by atoms with Crippen LogP contribution in [0.1, 0.15) is 26.5 Å². The Morgan fingerprint density at radius 3 is 2.59 bits per heavy atom. The van der Waals surface area contributed by atoms with Crippen LogP contribution in [0.25, 0.3) is 0 Å². The SMILES string of the molecule is COc1ccc(C(N)=O)cc1NC(=O)c1occc1COc1ccccc1. The van der Waals surface area contributed by atoms with E-state index in [1.165, 1.54) is 25.5 Å². The molecule has 0 spiro atoms. The number of nitrogens with two attached hydrogens (primary N) is 1. The van der Waals surface area contributed by atoms with Gasteiger partial charge in [0, 0.05) is 11.1 Å². The second kappa shape index (κ2) is 8.09. The van der Waals surface area contributed by atoms with Gasteiger partial charge in [0.1, 0.15) is 18.1 Å². The van der Waals surface area contributed by atoms with Crippen LogP contribution in [0, 0.1) is 0 Å². The third kappa shape index (κ3) is 4.27. The molecule has 27 heavy (non-hydrogen) atoms. The predicted octanol–water partition coefficient (Wildman–Crippen LogP) is 3.22. The highest BCUT2D eigenvalue weighted by Crippen LogP contribution is 2.26. The lowest BCUT2D eigenvalue weighted by molar-refractivity contribution is 0.0986. The van der Waals surface area contributed by atoms with Gasteiger partial charge in [-0.15, -0.1) is 0 Å². The molecule has 0 unspecified atom stereocenters. The van der Waals surface area contributed by atoms with Crippen molar-refractivity contribution in [1.29, 1.82) is 0 Å². The third-order valence-corrected chi connectivity index (χ3v) is 3.82. The van der Waals surface area contributed by atoms with Gasteiger partial charge in [-0.25, -0.2) is 0 Å². The molecule has 0 aliphatic rings. The predicted molar refractivity (Wildman–Crippen MR) is 98.9 cm³/mol. The van der Waals surface area contributed by atoms with Crippen molar-refractivity contribution in [2.24, 2.45) is 5.73 Å². The number of ether oxygens (including phenoxy) is 2. The van der Waals surface area contributed by atoms with Crippen molar-refractivity contribution in [2.75, 3.05) is 12.4 Å². The lowest BCUT2D eigenvalue weighted by Crippen LogP contribution is -2.16. The molecule has 0 bridgehead atoms. The molecule has 2 amide bonds. The van der Waals surface area contributed by atoms with Gasteiger partial charge in [0.05, 0.1) is 19.1 Å². The third-order valence-electron chi connectivity index (χ3n) is 3.82. The summed E-state index contributed by atoms with van der Waals surface area (Å²) in [7, 11) is 1.46. The van der Waals surface area contributed by atoms with Gasteiger partial charge in [0.15, 0.2) is 5.76 Å². The van der Waals surface area contributed by atoms with Gasteiger partial charge in [-0.3, -0.25) is 9.59 Å². The van der Waals surface area contributed by atoms with Crippen molar-refractivity contribution in [3.63, 3.8) is 0 Å². The van der Waals surface area contributed by atoms with E-state index in [9.17, 15) is 9.59 Å². The summed E-state index contributed by atoms with van der Waals surface area (Å²) >= 11 is 0. The molecule has 3 aromatic rings. The molecule has 0 saturated carbocycles. The zero-order valence-corrected chi connectivity index (χ0v) is 14.6. The number of rotatable bonds is 7. The van der Waals surface area contributed by atoms with Crippen LogP contribution in [0.3, 0.4) is 0 Å². The molecule has 2 aromatic carbocycles. The number of anilines is 1. The van der Waals surface area contributed by atoms with Crippen LogP contribution in [0.15, 0.2) is 65.3 Å². The first-order chi connectivity index (χ1) is 13.1. The molecule has 7 heteroatoms. The summed E-state index contributed by atoms with van der Waals surface area (Å²) in [4.78, 5) is 24.0. The minimum atomic E-state index is -0.608. The number of carbonyl (C=O) groups excluding carboxylic acids is 2. The summed E-state index contributed by atoms with van der Waals surface area (Å²) in [5.74, 6) is 0.0787. The standard InChI is InChI=1S/C20H18N2O5/c1-25-17-8-7-13(19(21)23)11-16(17)22-20(24)18-14(9-10-26-18)12-27-15-5-3-2-4-6-15/h2-11H,12H2,1H3,(H2,21,23)(H,22,24). The van der Waals surface area contributed by atoms with Gasteiger partial charge >= 0.3 is 0 Å². The Balaban J connectivity index is 1.77. The summed E-state index contributed by atoms with van der Waals surface area (Å²) in [6.07, 6.45) is 1.41. The van der Waals surface area contributed by atoms with E-state index in [-0.39, 0.29) is 17.9 Å². The van der Waals surface area contributed by atoms with Crippen LogP contribution in [-0.2, 0) is 6.61 Å². The van der Waals surface area contributed by atoms with Crippen LogP contribution < -0.4 is 20.5 Å². The van der Waals surface area contributed by atoms with Crippen molar-refractivity contribution in [3.8, 4) is 11.5 Å². The highest BCUT2D eigenvalue weighted by molar-refractivity contribution is 6.05. The van der Waals surface area contributed by atoms with Gasteiger partial charge < -0.3 is 24.9 Å². The van der Waals surface area contributed by atoms with E-state index in [0.717, 1.165) is 0 Å². The fourth-order valence-corrected chi connectivity index (χ4v) is 2.46. The molecule has 138 valence electrons. The molecule has 0 fully saturated rings. The number of hydrogen-bond donors (Lipinski definition) is 2. The number of hydrogen-bond acceptors (Lipinski definition) is 5. The number of nitrogens with one attached hydrogen (secondary N) is 1. The molecule has 0 atom stereocenters. The molecule has 0 radical (unpaired) electrons. The minimum absolute atomic E-state index is 0.109. The monoisotopic (exact) mass is 366 g/mol. The number of furan rings is 1. The number of carbonyl (C=O) groups is 2. The number of para-hydroxylation sites is 1. The summed E-state index contributed by atoms with van der Waals surface area (Å²) in [5.41, 5.74) is 6.43. The van der Waals surface area contributed by atoms with Crippen molar-refractivity contribution in [1.82, 2.24) is 0 Å².